The number of anilines is 1. The van der Waals surface area contributed by atoms with E-state index in [0.717, 1.165) is 0 Å². The molecule has 162 valence electrons. The van der Waals surface area contributed by atoms with Gasteiger partial charge >= 0.3 is 6.18 Å². The van der Waals surface area contributed by atoms with Gasteiger partial charge in [0.2, 0.25) is 5.91 Å². The average molecular weight is 423 g/mol. The lowest BCUT2D eigenvalue weighted by Gasteiger charge is -2.47. The number of ether oxygens (including phenoxy) is 1. The molecule has 29 heavy (non-hydrogen) atoms. The second kappa shape index (κ2) is 8.02. The molecule has 0 spiro atoms. The van der Waals surface area contributed by atoms with Crippen LogP contribution < -0.4 is 4.90 Å². The van der Waals surface area contributed by atoms with Gasteiger partial charge in [-0.2, -0.15) is 13.2 Å². The minimum absolute atomic E-state index is 0.0347. The highest BCUT2D eigenvalue weighted by molar-refractivity contribution is 5.76. The molecule has 2 aliphatic rings. The lowest BCUT2D eigenvalue weighted by atomic mass is 9.92. The maximum atomic E-state index is 14.6. The number of alkyl halides is 5. The molecule has 1 aromatic rings. The Morgan fingerprint density at radius 2 is 2.14 bits per heavy atom. The average Bonchev–Trinajstić information content (AvgIpc) is 2.63. The highest BCUT2D eigenvalue weighted by Gasteiger charge is 2.48. The van der Waals surface area contributed by atoms with E-state index in [1.165, 1.54) is 4.90 Å². The summed E-state index contributed by atoms with van der Waals surface area (Å²) in [7, 11) is 0. The number of hydrogen-bond donors (Lipinski definition) is 1. The van der Waals surface area contributed by atoms with Crippen molar-refractivity contribution >= 4 is 11.7 Å². The number of amides is 1. The molecule has 3 rings (SSSR count). The summed E-state index contributed by atoms with van der Waals surface area (Å²) in [6, 6.07) is -0.270. The zero-order valence-electron chi connectivity index (χ0n) is 15.8. The number of carbonyl (C=O) groups excluding carboxylic acids is 1. The third kappa shape index (κ3) is 4.77. The van der Waals surface area contributed by atoms with Crippen LogP contribution in [0.25, 0.3) is 0 Å². The van der Waals surface area contributed by atoms with Gasteiger partial charge in [-0.1, -0.05) is 0 Å². The van der Waals surface area contributed by atoms with Crippen LogP contribution >= 0.6 is 0 Å². The number of fused-ring (bicyclic) bond motifs is 3. The van der Waals surface area contributed by atoms with Crippen molar-refractivity contribution in [3.8, 4) is 0 Å². The predicted octanol–water partition coefficient (Wildman–Crippen LogP) is 2.40. The van der Waals surface area contributed by atoms with E-state index < -0.39 is 41.8 Å². The predicted molar refractivity (Wildman–Crippen MR) is 92.6 cm³/mol. The molecule has 0 bridgehead atoms. The Hall–Kier alpha value is -2.01. The van der Waals surface area contributed by atoms with Crippen molar-refractivity contribution in [2.24, 2.45) is 0 Å². The molecular formula is C18H22F5N3O3. The van der Waals surface area contributed by atoms with Crippen LogP contribution in [0.5, 0.6) is 0 Å². The maximum Gasteiger partial charge on any atom is 0.417 e. The first-order valence-electron chi connectivity index (χ1n) is 9.25. The monoisotopic (exact) mass is 423 g/mol. The Bertz CT molecular complexity index is 757. The fourth-order valence-corrected chi connectivity index (χ4v) is 3.62. The number of hydrogen-bond acceptors (Lipinski definition) is 5. The van der Waals surface area contributed by atoms with Crippen LogP contribution in [0.3, 0.4) is 0 Å². The van der Waals surface area contributed by atoms with Crippen molar-refractivity contribution in [2.75, 3.05) is 37.7 Å². The highest BCUT2D eigenvalue weighted by atomic mass is 19.4. The molecule has 2 atom stereocenters. The minimum atomic E-state index is -4.75. The maximum absolute atomic E-state index is 14.6. The van der Waals surface area contributed by atoms with Crippen molar-refractivity contribution in [3.63, 3.8) is 0 Å². The van der Waals surface area contributed by atoms with E-state index in [1.807, 2.05) is 0 Å². The minimum Gasteiger partial charge on any atom is -0.391 e. The summed E-state index contributed by atoms with van der Waals surface area (Å²) < 4.78 is 73.0. The summed E-state index contributed by atoms with van der Waals surface area (Å²) in [4.78, 5) is 19.0. The number of aliphatic hydroxyl groups is 1. The molecule has 2 aliphatic heterocycles. The van der Waals surface area contributed by atoms with Crippen molar-refractivity contribution < 1.29 is 36.6 Å². The molecule has 1 aromatic heterocycles. The first kappa shape index (κ1) is 21.7. The number of rotatable bonds is 5. The zero-order chi connectivity index (χ0) is 21.4. The molecule has 11 heteroatoms. The van der Waals surface area contributed by atoms with Gasteiger partial charge in [0.15, 0.2) is 0 Å². The van der Waals surface area contributed by atoms with E-state index in [1.54, 1.807) is 11.8 Å². The lowest BCUT2D eigenvalue weighted by Crippen LogP contribution is -2.58. The molecule has 1 amide bonds. The summed E-state index contributed by atoms with van der Waals surface area (Å²) in [6.45, 7) is 2.24. The number of aliphatic hydroxyl groups excluding tert-OH is 1. The number of aromatic nitrogens is 1. The van der Waals surface area contributed by atoms with E-state index in [0.29, 0.717) is 12.3 Å². The Labute approximate surface area is 164 Å². The number of pyridine rings is 1. The molecule has 1 saturated heterocycles. The normalized spacial score (nSPS) is 22.1. The van der Waals surface area contributed by atoms with E-state index in [4.69, 9.17) is 9.84 Å². The van der Waals surface area contributed by atoms with Crippen molar-refractivity contribution in [2.45, 2.75) is 44.0 Å². The molecule has 0 radical (unpaired) electrons. The fraction of sp³-hybridized carbons (Fsp3) is 0.667. The highest BCUT2D eigenvalue weighted by Crippen LogP contribution is 2.46. The molecule has 3 heterocycles. The van der Waals surface area contributed by atoms with Crippen molar-refractivity contribution in [3.05, 3.63) is 23.4 Å². The van der Waals surface area contributed by atoms with Crippen LogP contribution in [0.4, 0.5) is 27.8 Å². The van der Waals surface area contributed by atoms with Crippen LogP contribution in [0, 0.1) is 0 Å². The molecule has 0 aliphatic carbocycles. The Morgan fingerprint density at radius 1 is 1.41 bits per heavy atom. The number of halogens is 5. The van der Waals surface area contributed by atoms with Gasteiger partial charge in [-0.25, -0.2) is 13.8 Å². The van der Waals surface area contributed by atoms with Crippen LogP contribution in [0.15, 0.2) is 12.3 Å². The van der Waals surface area contributed by atoms with E-state index in [9.17, 15) is 26.7 Å². The SMILES string of the molecule is CC(O)COCCC(=O)N1CCN2c3ncc(C(F)(F)F)cc3C(F)(F)CC2C1. The molecular weight excluding hydrogens is 401 g/mol. The second-order valence-corrected chi connectivity index (χ2v) is 7.36. The van der Waals surface area contributed by atoms with Gasteiger partial charge in [0, 0.05) is 32.3 Å². The van der Waals surface area contributed by atoms with Crippen molar-refractivity contribution in [1.82, 2.24) is 9.88 Å². The Balaban J connectivity index is 1.70. The molecule has 6 nitrogen and oxygen atoms in total. The molecule has 0 saturated carbocycles. The summed E-state index contributed by atoms with van der Waals surface area (Å²) in [5.74, 6) is -3.90. The zero-order valence-corrected chi connectivity index (χ0v) is 15.8. The molecule has 0 aromatic carbocycles. The number of nitrogens with zero attached hydrogens (tertiary/aromatic N) is 3. The van der Waals surface area contributed by atoms with Crippen LogP contribution in [0.2, 0.25) is 0 Å². The first-order valence-corrected chi connectivity index (χ1v) is 9.25. The van der Waals surface area contributed by atoms with Crippen LogP contribution in [0.1, 0.15) is 30.9 Å². The summed E-state index contributed by atoms with van der Waals surface area (Å²) in [6.07, 6.45) is -5.47. The van der Waals surface area contributed by atoms with Gasteiger partial charge in [0.05, 0.1) is 42.9 Å². The second-order valence-electron chi connectivity index (χ2n) is 7.36. The van der Waals surface area contributed by atoms with Crippen molar-refractivity contribution in [1.29, 1.82) is 0 Å². The molecule has 1 fully saturated rings. The third-order valence-electron chi connectivity index (χ3n) is 5.01. The first-order chi connectivity index (χ1) is 13.5. The lowest BCUT2D eigenvalue weighted by molar-refractivity contribution is -0.138. The number of carbonyl (C=O) groups is 1. The number of piperazine rings is 1. The van der Waals surface area contributed by atoms with Gasteiger partial charge in [-0.3, -0.25) is 4.79 Å². The fourth-order valence-electron chi connectivity index (χ4n) is 3.62. The van der Waals surface area contributed by atoms with E-state index >= 15 is 0 Å². The molecule has 2 unspecified atom stereocenters. The van der Waals surface area contributed by atoms with E-state index in [2.05, 4.69) is 4.98 Å². The van der Waals surface area contributed by atoms with Gasteiger partial charge < -0.3 is 19.6 Å². The quantitative estimate of drug-likeness (QED) is 0.582. The van der Waals surface area contributed by atoms with Gasteiger partial charge in [-0.05, 0) is 13.0 Å². The smallest absolute Gasteiger partial charge is 0.391 e. The van der Waals surface area contributed by atoms with Gasteiger partial charge in [0.25, 0.3) is 5.92 Å². The van der Waals surface area contributed by atoms with Crippen LogP contribution in [-0.4, -0.2) is 65.9 Å². The Kier molecular flexibility index (Phi) is 6.00. The van der Waals surface area contributed by atoms with E-state index in [-0.39, 0.29) is 51.0 Å². The topological polar surface area (TPSA) is 65.9 Å². The summed E-state index contributed by atoms with van der Waals surface area (Å²) in [5.41, 5.74) is -1.93. The molecule has 1 N–H and O–H groups in total. The van der Waals surface area contributed by atoms with Gasteiger partial charge in [-0.15, -0.1) is 0 Å². The summed E-state index contributed by atoms with van der Waals surface area (Å²) >= 11 is 0. The van der Waals surface area contributed by atoms with Gasteiger partial charge in [0.1, 0.15) is 5.82 Å². The third-order valence-corrected chi connectivity index (χ3v) is 5.01. The summed E-state index contributed by atoms with van der Waals surface area (Å²) in [5, 5.41) is 9.12. The standard InChI is InChI=1S/C18H22F5N3O3/c1-11(27)10-29-5-2-15(28)25-3-4-26-13(9-25)7-17(19,20)14-6-12(18(21,22)23)8-24-16(14)26/h6,8,11,13,27H,2-5,7,9-10H2,1H3. The van der Waals surface area contributed by atoms with Crippen LogP contribution in [-0.2, 0) is 21.6 Å². The Morgan fingerprint density at radius 3 is 2.79 bits per heavy atom. The largest absolute Gasteiger partial charge is 0.417 e.